The molecule has 2 aromatic carbocycles. The fourth-order valence-corrected chi connectivity index (χ4v) is 4.05. The second-order valence-electron chi connectivity index (χ2n) is 6.93. The molecule has 0 aliphatic carbocycles. The summed E-state index contributed by atoms with van der Waals surface area (Å²) in [6.07, 6.45) is 1.52. The molecule has 0 atom stereocenters. The van der Waals surface area contributed by atoms with Gasteiger partial charge in [0.05, 0.1) is 23.4 Å². The van der Waals surface area contributed by atoms with Gasteiger partial charge in [0.25, 0.3) is 11.8 Å². The van der Waals surface area contributed by atoms with Crippen LogP contribution in [0.15, 0.2) is 40.4 Å². The van der Waals surface area contributed by atoms with Crippen LogP contribution < -0.4 is 19.7 Å². The molecule has 162 valence electrons. The van der Waals surface area contributed by atoms with Gasteiger partial charge in [-0.3, -0.25) is 19.8 Å². The van der Waals surface area contributed by atoms with Crippen LogP contribution in [0.5, 0.6) is 11.5 Å². The Hall–Kier alpha value is -2.71. The van der Waals surface area contributed by atoms with Crippen molar-refractivity contribution in [3.8, 4) is 11.5 Å². The van der Waals surface area contributed by atoms with Gasteiger partial charge in [-0.25, -0.2) is 0 Å². The summed E-state index contributed by atoms with van der Waals surface area (Å²) in [5.41, 5.74) is 3.11. The number of ether oxygens (including phenoxy) is 2. The average Bonchev–Trinajstić information content (AvgIpc) is 2.70. The Morgan fingerprint density at radius 3 is 2.39 bits per heavy atom. The number of thiocarbonyl (C=S) groups is 1. The summed E-state index contributed by atoms with van der Waals surface area (Å²) >= 11 is 8.78. The van der Waals surface area contributed by atoms with E-state index in [1.54, 1.807) is 12.1 Å². The molecule has 0 bridgehead atoms. The number of carbonyl (C=O) groups excluding carboxylic acids is 2. The lowest BCUT2D eigenvalue weighted by Crippen LogP contribution is -2.54. The van der Waals surface area contributed by atoms with Gasteiger partial charge in [0.2, 0.25) is 0 Å². The SMILES string of the molecule is CCOc1cc(OCC)c(/C=C2\C(=O)NC(=S)N(c3ccc(C)cc3C)C2=O)cc1Br. The van der Waals surface area contributed by atoms with E-state index < -0.39 is 11.8 Å². The normalized spacial score (nSPS) is 15.3. The third-order valence-electron chi connectivity index (χ3n) is 4.66. The van der Waals surface area contributed by atoms with E-state index in [1.165, 1.54) is 11.0 Å². The second-order valence-corrected chi connectivity index (χ2v) is 8.18. The lowest BCUT2D eigenvalue weighted by atomic mass is 10.0. The molecule has 2 aromatic rings. The molecule has 31 heavy (non-hydrogen) atoms. The first-order valence-electron chi connectivity index (χ1n) is 9.84. The van der Waals surface area contributed by atoms with Crippen molar-refractivity contribution in [1.82, 2.24) is 5.32 Å². The summed E-state index contributed by atoms with van der Waals surface area (Å²) in [4.78, 5) is 27.4. The van der Waals surface area contributed by atoms with Gasteiger partial charge in [0.1, 0.15) is 17.1 Å². The van der Waals surface area contributed by atoms with E-state index in [1.807, 2.05) is 45.9 Å². The minimum absolute atomic E-state index is 0.0365. The number of rotatable bonds is 6. The molecular weight excluding hydrogens is 480 g/mol. The van der Waals surface area contributed by atoms with Crippen LogP contribution in [0.4, 0.5) is 5.69 Å². The van der Waals surface area contributed by atoms with E-state index in [9.17, 15) is 9.59 Å². The predicted octanol–water partition coefficient (Wildman–Crippen LogP) is 4.69. The van der Waals surface area contributed by atoms with E-state index in [2.05, 4.69) is 21.2 Å². The number of anilines is 1. The summed E-state index contributed by atoms with van der Waals surface area (Å²) in [7, 11) is 0. The van der Waals surface area contributed by atoms with Crippen molar-refractivity contribution < 1.29 is 19.1 Å². The number of benzene rings is 2. The molecule has 0 saturated carbocycles. The van der Waals surface area contributed by atoms with Crippen LogP contribution in [0.25, 0.3) is 6.08 Å². The molecule has 0 unspecified atom stereocenters. The summed E-state index contributed by atoms with van der Waals surface area (Å²) in [6.45, 7) is 8.53. The molecule has 6 nitrogen and oxygen atoms in total. The molecule has 1 aliphatic rings. The number of hydrogen-bond acceptors (Lipinski definition) is 5. The minimum Gasteiger partial charge on any atom is -0.493 e. The summed E-state index contributed by atoms with van der Waals surface area (Å²) in [5.74, 6) is 0.0794. The Labute approximate surface area is 195 Å². The largest absolute Gasteiger partial charge is 0.493 e. The Bertz CT molecular complexity index is 1100. The summed E-state index contributed by atoms with van der Waals surface area (Å²) in [6, 6.07) is 9.18. The van der Waals surface area contributed by atoms with Gasteiger partial charge in [-0.2, -0.15) is 0 Å². The highest BCUT2D eigenvalue weighted by molar-refractivity contribution is 9.10. The number of amides is 2. The molecule has 1 aliphatic heterocycles. The van der Waals surface area contributed by atoms with Gasteiger partial charge in [-0.05, 0) is 79.6 Å². The zero-order valence-corrected chi connectivity index (χ0v) is 20.1. The van der Waals surface area contributed by atoms with E-state index >= 15 is 0 Å². The lowest BCUT2D eigenvalue weighted by molar-refractivity contribution is -0.122. The first-order chi connectivity index (χ1) is 14.8. The Balaban J connectivity index is 2.08. The van der Waals surface area contributed by atoms with Crippen molar-refractivity contribution in [3.05, 3.63) is 57.1 Å². The summed E-state index contributed by atoms with van der Waals surface area (Å²) < 4.78 is 12.0. The van der Waals surface area contributed by atoms with Crippen molar-refractivity contribution in [2.24, 2.45) is 0 Å². The molecule has 0 spiro atoms. The maximum atomic E-state index is 13.3. The van der Waals surface area contributed by atoms with E-state index in [0.29, 0.717) is 40.4 Å². The average molecular weight is 503 g/mol. The molecule has 1 N–H and O–H groups in total. The van der Waals surface area contributed by atoms with Crippen molar-refractivity contribution in [3.63, 3.8) is 0 Å². The van der Waals surface area contributed by atoms with Gasteiger partial charge in [-0.1, -0.05) is 17.7 Å². The molecule has 0 aromatic heterocycles. The molecular formula is C23H23BrN2O4S. The number of nitrogens with one attached hydrogen (secondary N) is 1. The molecule has 1 saturated heterocycles. The number of hydrogen-bond donors (Lipinski definition) is 1. The van der Waals surface area contributed by atoms with Gasteiger partial charge in [0, 0.05) is 11.6 Å². The number of halogens is 1. The van der Waals surface area contributed by atoms with E-state index in [0.717, 1.165) is 11.1 Å². The van der Waals surface area contributed by atoms with Crippen molar-refractivity contribution >= 4 is 56.8 Å². The van der Waals surface area contributed by atoms with Crippen molar-refractivity contribution in [2.75, 3.05) is 18.1 Å². The second kappa shape index (κ2) is 9.62. The maximum Gasteiger partial charge on any atom is 0.270 e. The smallest absolute Gasteiger partial charge is 0.270 e. The fourth-order valence-electron chi connectivity index (χ4n) is 3.30. The number of nitrogens with zero attached hydrogens (tertiary/aromatic N) is 1. The van der Waals surface area contributed by atoms with Crippen LogP contribution in [-0.2, 0) is 9.59 Å². The van der Waals surface area contributed by atoms with Crippen LogP contribution in [0, 0.1) is 13.8 Å². The quantitative estimate of drug-likeness (QED) is 0.352. The van der Waals surface area contributed by atoms with Gasteiger partial charge >= 0.3 is 0 Å². The van der Waals surface area contributed by atoms with Crippen LogP contribution in [0.2, 0.25) is 0 Å². The monoisotopic (exact) mass is 502 g/mol. The zero-order valence-electron chi connectivity index (χ0n) is 17.7. The molecule has 8 heteroatoms. The topological polar surface area (TPSA) is 67.9 Å². The maximum absolute atomic E-state index is 13.3. The molecule has 2 amide bonds. The summed E-state index contributed by atoms with van der Waals surface area (Å²) in [5, 5.41) is 2.67. The Morgan fingerprint density at radius 2 is 1.74 bits per heavy atom. The zero-order chi connectivity index (χ0) is 22.7. The highest BCUT2D eigenvalue weighted by Crippen LogP contribution is 2.35. The third-order valence-corrected chi connectivity index (χ3v) is 5.56. The first-order valence-corrected chi connectivity index (χ1v) is 11.0. The molecule has 3 rings (SSSR count). The first kappa shape index (κ1) is 23.0. The molecule has 0 radical (unpaired) electrons. The van der Waals surface area contributed by atoms with Gasteiger partial charge < -0.3 is 9.47 Å². The van der Waals surface area contributed by atoms with Crippen molar-refractivity contribution in [1.29, 1.82) is 0 Å². The van der Waals surface area contributed by atoms with E-state index in [-0.39, 0.29) is 10.7 Å². The van der Waals surface area contributed by atoms with Gasteiger partial charge in [-0.15, -0.1) is 0 Å². The Kier molecular flexibility index (Phi) is 7.12. The van der Waals surface area contributed by atoms with Gasteiger partial charge in [0.15, 0.2) is 5.11 Å². The highest BCUT2D eigenvalue weighted by Gasteiger charge is 2.35. The van der Waals surface area contributed by atoms with E-state index in [4.69, 9.17) is 21.7 Å². The highest BCUT2D eigenvalue weighted by atomic mass is 79.9. The predicted molar refractivity (Wildman–Crippen MR) is 129 cm³/mol. The number of carbonyl (C=O) groups is 2. The number of aryl methyl sites for hydroxylation is 2. The van der Waals surface area contributed by atoms with Crippen LogP contribution in [-0.4, -0.2) is 30.1 Å². The fraction of sp³-hybridized carbons (Fsp3) is 0.261. The Morgan fingerprint density at radius 1 is 1.06 bits per heavy atom. The minimum atomic E-state index is -0.552. The third kappa shape index (κ3) is 4.80. The molecule has 1 fully saturated rings. The van der Waals surface area contributed by atoms with Crippen LogP contribution in [0.1, 0.15) is 30.5 Å². The molecule has 1 heterocycles. The van der Waals surface area contributed by atoms with Crippen LogP contribution in [0.3, 0.4) is 0 Å². The van der Waals surface area contributed by atoms with Crippen molar-refractivity contribution in [2.45, 2.75) is 27.7 Å². The standard InChI is InChI=1S/C23H23BrN2O4S/c1-5-29-19-12-20(30-6-2)17(24)11-15(19)10-16-21(27)25-23(31)26(22(16)28)18-8-7-13(3)9-14(18)4/h7-12H,5-6H2,1-4H3,(H,25,27,31)/b16-10+. The van der Waals surface area contributed by atoms with Crippen LogP contribution >= 0.6 is 28.1 Å². The lowest BCUT2D eigenvalue weighted by Gasteiger charge is -2.30.